The molecule has 1 aliphatic rings. The van der Waals surface area contributed by atoms with Crippen molar-refractivity contribution < 1.29 is 19.1 Å². The van der Waals surface area contributed by atoms with Crippen molar-refractivity contribution in [1.82, 2.24) is 5.32 Å². The summed E-state index contributed by atoms with van der Waals surface area (Å²) in [6, 6.07) is 5.79. The van der Waals surface area contributed by atoms with Gasteiger partial charge in [-0.3, -0.25) is 9.59 Å². The molecular weight excluding hydrogens is 273 g/mol. The lowest BCUT2D eigenvalue weighted by Crippen LogP contribution is -2.40. The van der Waals surface area contributed by atoms with Gasteiger partial charge in [0.2, 0.25) is 5.91 Å². The minimum atomic E-state index is -0.923. The highest BCUT2D eigenvalue weighted by atomic mass is 19.1. The van der Waals surface area contributed by atoms with Gasteiger partial charge in [0, 0.05) is 5.56 Å². The van der Waals surface area contributed by atoms with Gasteiger partial charge in [-0.05, 0) is 25.8 Å². The zero-order valence-corrected chi connectivity index (χ0v) is 12.0. The topological polar surface area (TPSA) is 66.4 Å². The highest BCUT2D eigenvalue weighted by Crippen LogP contribution is 2.31. The number of carbonyl (C=O) groups excluding carboxylic acids is 1. The number of carboxylic acid groups (broad SMARTS) is 1. The second kappa shape index (κ2) is 6.70. The highest BCUT2D eigenvalue weighted by Gasteiger charge is 2.36. The van der Waals surface area contributed by atoms with E-state index in [1.54, 1.807) is 25.1 Å². The Morgan fingerprint density at radius 3 is 2.48 bits per heavy atom. The van der Waals surface area contributed by atoms with Crippen molar-refractivity contribution in [3.8, 4) is 0 Å². The molecule has 1 saturated carbocycles. The van der Waals surface area contributed by atoms with Gasteiger partial charge in [0.15, 0.2) is 0 Å². The molecule has 0 aliphatic heterocycles. The largest absolute Gasteiger partial charge is 0.481 e. The van der Waals surface area contributed by atoms with E-state index in [2.05, 4.69) is 5.32 Å². The fourth-order valence-corrected chi connectivity index (χ4v) is 2.96. The second-order valence-electron chi connectivity index (χ2n) is 5.59. The van der Waals surface area contributed by atoms with Crippen LogP contribution in [0.25, 0.3) is 0 Å². The maximum atomic E-state index is 13.7. The molecule has 1 aliphatic carbocycles. The molecule has 21 heavy (non-hydrogen) atoms. The third-order valence-electron chi connectivity index (χ3n) is 4.15. The van der Waals surface area contributed by atoms with E-state index in [9.17, 15) is 19.1 Å². The van der Waals surface area contributed by atoms with E-state index in [4.69, 9.17) is 0 Å². The van der Waals surface area contributed by atoms with E-state index < -0.39 is 23.8 Å². The maximum absolute atomic E-state index is 13.7. The molecule has 2 unspecified atom stereocenters. The Labute approximate surface area is 123 Å². The molecule has 2 rings (SSSR count). The lowest BCUT2D eigenvalue weighted by Gasteiger charge is -2.28. The van der Waals surface area contributed by atoms with E-state index >= 15 is 0 Å². The van der Waals surface area contributed by atoms with Gasteiger partial charge < -0.3 is 10.4 Å². The number of rotatable bonds is 4. The van der Waals surface area contributed by atoms with Gasteiger partial charge in [-0.15, -0.1) is 0 Å². The van der Waals surface area contributed by atoms with Crippen molar-refractivity contribution in [1.29, 1.82) is 0 Å². The van der Waals surface area contributed by atoms with Crippen LogP contribution in [0.4, 0.5) is 4.39 Å². The van der Waals surface area contributed by atoms with Crippen LogP contribution < -0.4 is 5.32 Å². The first kappa shape index (κ1) is 15.5. The highest BCUT2D eigenvalue weighted by molar-refractivity contribution is 5.85. The van der Waals surface area contributed by atoms with Gasteiger partial charge in [-0.2, -0.15) is 0 Å². The number of nitrogens with one attached hydrogen (secondary N) is 1. The lowest BCUT2D eigenvalue weighted by atomic mass is 9.78. The monoisotopic (exact) mass is 293 g/mol. The first-order valence-electron chi connectivity index (χ1n) is 7.28. The minimum Gasteiger partial charge on any atom is -0.481 e. The smallest absolute Gasteiger partial charge is 0.307 e. The van der Waals surface area contributed by atoms with E-state index in [1.807, 2.05) is 0 Å². The van der Waals surface area contributed by atoms with Crippen molar-refractivity contribution in [2.45, 2.75) is 38.6 Å². The van der Waals surface area contributed by atoms with Gasteiger partial charge in [-0.1, -0.05) is 31.0 Å². The Morgan fingerprint density at radius 2 is 1.86 bits per heavy atom. The number of hydrogen-bond acceptors (Lipinski definition) is 2. The van der Waals surface area contributed by atoms with E-state index in [1.165, 1.54) is 6.07 Å². The minimum absolute atomic E-state index is 0.294. The number of hydrogen-bond donors (Lipinski definition) is 2. The van der Waals surface area contributed by atoms with Crippen LogP contribution in [-0.2, 0) is 9.59 Å². The number of carbonyl (C=O) groups is 2. The average molecular weight is 293 g/mol. The fourth-order valence-electron chi connectivity index (χ4n) is 2.96. The first-order chi connectivity index (χ1) is 10.0. The van der Waals surface area contributed by atoms with Crippen LogP contribution >= 0.6 is 0 Å². The Hall–Kier alpha value is -1.91. The van der Waals surface area contributed by atoms with E-state index in [0.29, 0.717) is 18.4 Å². The summed E-state index contributed by atoms with van der Waals surface area (Å²) in [4.78, 5) is 23.6. The summed E-state index contributed by atoms with van der Waals surface area (Å²) in [7, 11) is 0. The molecule has 0 aromatic heterocycles. The molecule has 4 nitrogen and oxygen atoms in total. The van der Waals surface area contributed by atoms with Gasteiger partial charge in [0.05, 0.1) is 17.9 Å². The molecular formula is C16H20FNO3. The summed E-state index contributed by atoms with van der Waals surface area (Å²) < 4.78 is 13.7. The van der Waals surface area contributed by atoms with Crippen LogP contribution in [0.15, 0.2) is 24.3 Å². The average Bonchev–Trinajstić information content (AvgIpc) is 2.47. The fraction of sp³-hybridized carbons (Fsp3) is 0.500. The standard InChI is InChI=1S/C16H20FNO3/c1-10(11-6-4-5-9-14(11)17)18-15(19)12-7-2-3-8-13(12)16(20)21/h4-6,9-10,12-13H,2-3,7-8H2,1H3,(H,18,19)(H,20,21)/t10-,12?,13?/m1/s1. The SMILES string of the molecule is C[C@@H](NC(=O)C1CCCCC1C(=O)O)c1ccccc1F. The van der Waals surface area contributed by atoms with E-state index in [-0.39, 0.29) is 11.7 Å². The van der Waals surface area contributed by atoms with Crippen LogP contribution in [0.2, 0.25) is 0 Å². The quantitative estimate of drug-likeness (QED) is 0.897. The predicted molar refractivity (Wildman–Crippen MR) is 76.0 cm³/mol. The molecule has 5 heteroatoms. The summed E-state index contributed by atoms with van der Waals surface area (Å²) in [5, 5.41) is 12.0. The zero-order valence-electron chi connectivity index (χ0n) is 12.0. The molecule has 1 aromatic rings. The molecule has 1 amide bonds. The molecule has 0 bridgehead atoms. The summed E-state index contributed by atoms with van der Waals surface area (Å²) in [5.41, 5.74) is 0.411. The van der Waals surface area contributed by atoms with Gasteiger partial charge in [0.25, 0.3) is 0 Å². The maximum Gasteiger partial charge on any atom is 0.307 e. The normalized spacial score (nSPS) is 23.3. The predicted octanol–water partition coefficient (Wildman–Crippen LogP) is 2.89. The Bertz CT molecular complexity index is 532. The molecule has 0 radical (unpaired) electrons. The Kier molecular flexibility index (Phi) is 4.94. The number of carboxylic acids is 1. The van der Waals surface area contributed by atoms with E-state index in [0.717, 1.165) is 12.8 Å². The molecule has 3 atom stereocenters. The molecule has 0 saturated heterocycles. The third-order valence-corrected chi connectivity index (χ3v) is 4.15. The van der Waals surface area contributed by atoms with Crippen LogP contribution in [0.1, 0.15) is 44.2 Å². The van der Waals surface area contributed by atoms with Gasteiger partial charge in [0.1, 0.15) is 5.82 Å². The first-order valence-corrected chi connectivity index (χ1v) is 7.28. The van der Waals surface area contributed by atoms with Gasteiger partial charge in [-0.25, -0.2) is 4.39 Å². The number of amides is 1. The Morgan fingerprint density at radius 1 is 1.24 bits per heavy atom. The molecule has 1 fully saturated rings. The summed E-state index contributed by atoms with van der Waals surface area (Å²) in [6.07, 6.45) is 2.80. The molecule has 0 heterocycles. The van der Waals surface area contributed by atoms with Crippen molar-refractivity contribution >= 4 is 11.9 Å². The van der Waals surface area contributed by atoms with Gasteiger partial charge >= 0.3 is 5.97 Å². The van der Waals surface area contributed by atoms with Crippen LogP contribution in [0.5, 0.6) is 0 Å². The van der Waals surface area contributed by atoms with Crippen molar-refractivity contribution in [3.05, 3.63) is 35.6 Å². The molecule has 114 valence electrons. The molecule has 2 N–H and O–H groups in total. The summed E-state index contributed by atoms with van der Waals surface area (Å²) >= 11 is 0. The van der Waals surface area contributed by atoms with Crippen LogP contribution in [0.3, 0.4) is 0 Å². The summed E-state index contributed by atoms with van der Waals surface area (Å²) in [6.45, 7) is 1.70. The second-order valence-corrected chi connectivity index (χ2v) is 5.59. The number of aliphatic carboxylic acids is 1. The number of halogens is 1. The van der Waals surface area contributed by atoms with Crippen LogP contribution in [0, 0.1) is 17.7 Å². The third kappa shape index (κ3) is 3.60. The molecule has 0 spiro atoms. The van der Waals surface area contributed by atoms with Crippen molar-refractivity contribution in [2.24, 2.45) is 11.8 Å². The van der Waals surface area contributed by atoms with Crippen LogP contribution in [-0.4, -0.2) is 17.0 Å². The lowest BCUT2D eigenvalue weighted by molar-refractivity contribution is -0.149. The van der Waals surface area contributed by atoms with Crippen molar-refractivity contribution in [2.75, 3.05) is 0 Å². The summed E-state index contributed by atoms with van der Waals surface area (Å²) in [5.74, 6) is -2.74. The molecule has 1 aromatic carbocycles. The van der Waals surface area contributed by atoms with Crippen molar-refractivity contribution in [3.63, 3.8) is 0 Å². The number of benzene rings is 1. The zero-order chi connectivity index (χ0) is 15.4. The Balaban J connectivity index is 2.06.